The third-order valence-electron chi connectivity index (χ3n) is 5.29. The average Bonchev–Trinajstić information content (AvgIpc) is 2.75. The quantitative estimate of drug-likeness (QED) is 0.520. The monoisotopic (exact) mass is 487 g/mol. The lowest BCUT2D eigenvalue weighted by Crippen LogP contribution is -2.40. The van der Waals surface area contributed by atoms with E-state index in [0.29, 0.717) is 17.1 Å². The lowest BCUT2D eigenvalue weighted by molar-refractivity contribution is 0.0370. The molecular formula is C22H30ClNO3S3. The summed E-state index contributed by atoms with van der Waals surface area (Å²) < 4.78 is 32.2. The summed E-state index contributed by atoms with van der Waals surface area (Å²) in [5.41, 5.74) is 0. The van der Waals surface area contributed by atoms with Crippen LogP contribution in [0.5, 0.6) is 0 Å². The molecule has 0 radical (unpaired) electrons. The molecule has 4 nitrogen and oxygen atoms in total. The number of thiol groups is 1. The van der Waals surface area contributed by atoms with Crippen molar-refractivity contribution in [2.45, 2.75) is 33.3 Å². The van der Waals surface area contributed by atoms with Gasteiger partial charge in [-0.25, -0.2) is 8.42 Å². The second-order valence-electron chi connectivity index (χ2n) is 7.37. The fourth-order valence-electron chi connectivity index (χ4n) is 3.49. The summed E-state index contributed by atoms with van der Waals surface area (Å²) in [6.07, 6.45) is 0.616. The lowest BCUT2D eigenvalue weighted by Gasteiger charge is -2.30. The number of hydrogen-bond donors (Lipinski definition) is 1. The Morgan fingerprint density at radius 3 is 2.23 bits per heavy atom. The van der Waals surface area contributed by atoms with Gasteiger partial charge in [-0.15, -0.1) is 12.4 Å². The van der Waals surface area contributed by atoms with Crippen molar-refractivity contribution in [1.82, 2.24) is 4.90 Å². The third kappa shape index (κ3) is 6.90. The van der Waals surface area contributed by atoms with Crippen molar-refractivity contribution in [2.75, 3.05) is 38.6 Å². The van der Waals surface area contributed by atoms with Gasteiger partial charge in [-0.1, -0.05) is 36.9 Å². The fourth-order valence-corrected chi connectivity index (χ4v) is 6.72. The van der Waals surface area contributed by atoms with Crippen LogP contribution in [0, 0.1) is 5.92 Å². The molecule has 166 valence electrons. The van der Waals surface area contributed by atoms with Crippen LogP contribution in [-0.2, 0) is 14.6 Å². The topological polar surface area (TPSA) is 46.6 Å². The van der Waals surface area contributed by atoms with E-state index >= 15 is 0 Å². The van der Waals surface area contributed by atoms with Crippen molar-refractivity contribution >= 4 is 46.6 Å². The number of halogens is 1. The van der Waals surface area contributed by atoms with Crippen molar-refractivity contribution < 1.29 is 13.2 Å². The van der Waals surface area contributed by atoms with Gasteiger partial charge in [0.25, 0.3) is 0 Å². The molecule has 0 aromatic heterocycles. The molecule has 0 spiro atoms. The number of hydrogen-bond acceptors (Lipinski definition) is 6. The summed E-state index contributed by atoms with van der Waals surface area (Å²) >= 11 is 6.02. The van der Waals surface area contributed by atoms with Crippen molar-refractivity contribution in [1.29, 1.82) is 0 Å². The van der Waals surface area contributed by atoms with Crippen LogP contribution in [0.15, 0.2) is 69.3 Å². The Kier molecular flexibility index (Phi) is 10.5. The Morgan fingerprint density at radius 1 is 1.03 bits per heavy atom. The van der Waals surface area contributed by atoms with Crippen LogP contribution >= 0.6 is 36.8 Å². The van der Waals surface area contributed by atoms with Gasteiger partial charge in [-0.05, 0) is 61.0 Å². The SMILES string of the molecule is C[C@H](CS)C(CCN1CCOCC1)S(=O)(=O)c1ccc(Sc2ccccc2)cc1.Cl. The molecule has 1 aliphatic heterocycles. The minimum Gasteiger partial charge on any atom is -0.379 e. The summed E-state index contributed by atoms with van der Waals surface area (Å²) in [7, 11) is -3.42. The molecule has 0 aliphatic carbocycles. The first kappa shape index (κ1) is 25.6. The second-order valence-corrected chi connectivity index (χ2v) is 11.1. The van der Waals surface area contributed by atoms with E-state index in [2.05, 4.69) is 17.5 Å². The predicted octanol–water partition coefficient (Wildman–Crippen LogP) is 4.69. The van der Waals surface area contributed by atoms with E-state index in [4.69, 9.17) is 4.74 Å². The molecule has 0 amide bonds. The summed E-state index contributed by atoms with van der Waals surface area (Å²) in [5.74, 6) is 0.539. The smallest absolute Gasteiger partial charge is 0.181 e. The molecule has 8 heteroatoms. The van der Waals surface area contributed by atoms with Gasteiger partial charge in [0.2, 0.25) is 0 Å². The zero-order valence-corrected chi connectivity index (χ0v) is 20.5. The number of rotatable bonds is 9. The highest BCUT2D eigenvalue weighted by molar-refractivity contribution is 7.99. The molecular weight excluding hydrogens is 458 g/mol. The van der Waals surface area contributed by atoms with Crippen molar-refractivity contribution in [2.24, 2.45) is 5.92 Å². The molecule has 2 atom stereocenters. The van der Waals surface area contributed by atoms with Crippen LogP contribution in [0.2, 0.25) is 0 Å². The number of nitrogens with zero attached hydrogens (tertiary/aromatic N) is 1. The van der Waals surface area contributed by atoms with Crippen LogP contribution in [0.3, 0.4) is 0 Å². The Bertz CT molecular complexity index is 857. The highest BCUT2D eigenvalue weighted by atomic mass is 35.5. The van der Waals surface area contributed by atoms with Crippen LogP contribution < -0.4 is 0 Å². The molecule has 1 unspecified atom stereocenters. The van der Waals surface area contributed by atoms with Crippen molar-refractivity contribution in [3.63, 3.8) is 0 Å². The summed E-state index contributed by atoms with van der Waals surface area (Å²) in [6.45, 7) is 5.93. The van der Waals surface area contributed by atoms with E-state index < -0.39 is 15.1 Å². The molecule has 1 fully saturated rings. The largest absolute Gasteiger partial charge is 0.379 e. The normalized spacial score (nSPS) is 17.1. The molecule has 2 aromatic carbocycles. The Balaban J connectivity index is 0.00000320. The van der Waals surface area contributed by atoms with Gasteiger partial charge < -0.3 is 4.74 Å². The van der Waals surface area contributed by atoms with E-state index in [1.54, 1.807) is 23.9 Å². The number of sulfone groups is 1. The van der Waals surface area contributed by atoms with Crippen molar-refractivity contribution in [3.05, 3.63) is 54.6 Å². The molecule has 0 bridgehead atoms. The lowest BCUT2D eigenvalue weighted by atomic mass is 10.1. The average molecular weight is 488 g/mol. The van der Waals surface area contributed by atoms with Crippen LogP contribution in [0.1, 0.15) is 13.3 Å². The Morgan fingerprint density at radius 2 is 1.63 bits per heavy atom. The molecule has 0 N–H and O–H groups in total. The van der Waals surface area contributed by atoms with Gasteiger partial charge in [0.15, 0.2) is 9.84 Å². The maximum Gasteiger partial charge on any atom is 0.181 e. The summed E-state index contributed by atoms with van der Waals surface area (Å²) in [6, 6.07) is 17.4. The first-order chi connectivity index (χ1) is 14.0. The standard InChI is InChI=1S/C22H29NO3S3.ClH/c1-18(17-27)22(11-12-23-13-15-26-16-14-23)29(24,25)21-9-7-20(8-10-21)28-19-5-3-2-4-6-19;/h2-10,18,22,27H,11-17H2,1H3;1H/t18-,22?;/m1./s1. The Labute approximate surface area is 196 Å². The highest BCUT2D eigenvalue weighted by Gasteiger charge is 2.32. The zero-order chi connectivity index (χ0) is 20.7. The number of morpholine rings is 1. The van der Waals surface area contributed by atoms with Crippen LogP contribution in [0.25, 0.3) is 0 Å². The Hall–Kier alpha value is -0.700. The van der Waals surface area contributed by atoms with E-state index in [0.717, 1.165) is 42.6 Å². The molecule has 1 heterocycles. The maximum absolute atomic E-state index is 13.4. The van der Waals surface area contributed by atoms with Gasteiger partial charge >= 0.3 is 0 Å². The molecule has 0 saturated carbocycles. The van der Waals surface area contributed by atoms with Crippen molar-refractivity contribution in [3.8, 4) is 0 Å². The fraction of sp³-hybridized carbons (Fsp3) is 0.455. The van der Waals surface area contributed by atoms with Crippen LogP contribution in [-0.4, -0.2) is 57.2 Å². The number of benzene rings is 2. The highest BCUT2D eigenvalue weighted by Crippen LogP contribution is 2.30. The van der Waals surface area contributed by atoms with Gasteiger partial charge in [-0.2, -0.15) is 12.6 Å². The summed E-state index contributed by atoms with van der Waals surface area (Å²) in [4.78, 5) is 4.85. The minimum atomic E-state index is -3.42. The third-order valence-corrected chi connectivity index (χ3v) is 9.30. The molecule has 1 saturated heterocycles. The summed E-state index contributed by atoms with van der Waals surface area (Å²) in [5, 5.41) is -0.435. The predicted molar refractivity (Wildman–Crippen MR) is 130 cm³/mol. The molecule has 30 heavy (non-hydrogen) atoms. The van der Waals surface area contributed by atoms with Crippen LogP contribution in [0.4, 0.5) is 0 Å². The first-order valence-electron chi connectivity index (χ1n) is 9.98. The van der Waals surface area contributed by atoms with Gasteiger partial charge in [0.1, 0.15) is 0 Å². The van der Waals surface area contributed by atoms with Gasteiger partial charge in [0, 0.05) is 22.9 Å². The molecule has 3 rings (SSSR count). The second kappa shape index (κ2) is 12.4. The van der Waals surface area contributed by atoms with Gasteiger partial charge in [-0.3, -0.25) is 4.90 Å². The number of ether oxygens (including phenoxy) is 1. The van der Waals surface area contributed by atoms with E-state index in [-0.39, 0.29) is 18.3 Å². The minimum absolute atomic E-state index is 0. The molecule has 2 aromatic rings. The van der Waals surface area contributed by atoms with E-state index in [1.165, 1.54) is 0 Å². The van der Waals surface area contributed by atoms with E-state index in [9.17, 15) is 8.42 Å². The zero-order valence-electron chi connectivity index (χ0n) is 17.1. The molecule has 1 aliphatic rings. The van der Waals surface area contributed by atoms with Gasteiger partial charge in [0.05, 0.1) is 23.4 Å². The first-order valence-corrected chi connectivity index (χ1v) is 13.0. The maximum atomic E-state index is 13.4. The van der Waals surface area contributed by atoms with E-state index in [1.807, 2.05) is 49.4 Å².